The van der Waals surface area contributed by atoms with Crippen LogP contribution >= 0.6 is 23.7 Å². The Balaban J connectivity index is 0.00000128. The Kier molecular flexibility index (Phi) is 4.70. The fourth-order valence-electron chi connectivity index (χ4n) is 1.60. The number of carbonyl (C=O) groups is 1. The minimum atomic E-state index is 0. The molecular weight excluding hydrogens is 246 g/mol. The molecule has 4 nitrogen and oxygen atoms in total. The molecule has 1 aliphatic carbocycles. The number of thiazole rings is 1. The van der Waals surface area contributed by atoms with Gasteiger partial charge in [0.25, 0.3) is 5.91 Å². The third-order valence-corrected chi connectivity index (χ3v) is 3.41. The second kappa shape index (κ2) is 5.61. The summed E-state index contributed by atoms with van der Waals surface area (Å²) in [7, 11) is 0. The van der Waals surface area contributed by atoms with E-state index in [1.165, 1.54) is 11.3 Å². The van der Waals surface area contributed by atoms with Gasteiger partial charge < -0.3 is 10.6 Å². The van der Waals surface area contributed by atoms with Crippen LogP contribution in [0.4, 0.5) is 0 Å². The van der Waals surface area contributed by atoms with Gasteiger partial charge in [-0.15, -0.1) is 23.7 Å². The maximum absolute atomic E-state index is 12.0. The van der Waals surface area contributed by atoms with Gasteiger partial charge >= 0.3 is 0 Å². The monoisotopic (exact) mass is 261 g/mol. The first-order valence-electron chi connectivity index (χ1n) is 5.21. The lowest BCUT2D eigenvalue weighted by Crippen LogP contribution is -2.33. The number of rotatable bonds is 4. The molecule has 0 spiro atoms. The molecule has 0 saturated heterocycles. The molecule has 2 rings (SSSR count). The van der Waals surface area contributed by atoms with Gasteiger partial charge in [-0.05, 0) is 19.8 Å². The highest BCUT2D eigenvalue weighted by molar-refractivity contribution is 7.09. The molecule has 1 aromatic heterocycles. The van der Waals surface area contributed by atoms with Crippen molar-refractivity contribution < 1.29 is 4.79 Å². The molecule has 0 aromatic carbocycles. The molecule has 2 N–H and O–H groups in total. The molecule has 1 saturated carbocycles. The van der Waals surface area contributed by atoms with Gasteiger partial charge in [0.1, 0.15) is 10.7 Å². The van der Waals surface area contributed by atoms with Crippen molar-refractivity contribution in [3.8, 4) is 0 Å². The maximum Gasteiger partial charge on any atom is 0.273 e. The third kappa shape index (κ3) is 2.72. The van der Waals surface area contributed by atoms with Crippen molar-refractivity contribution >= 4 is 29.7 Å². The van der Waals surface area contributed by atoms with E-state index < -0.39 is 0 Å². The first-order valence-corrected chi connectivity index (χ1v) is 6.09. The average molecular weight is 262 g/mol. The average Bonchev–Trinajstić information content (AvgIpc) is 2.97. The first kappa shape index (κ1) is 13.4. The Morgan fingerprint density at radius 2 is 2.38 bits per heavy atom. The van der Waals surface area contributed by atoms with E-state index in [0.717, 1.165) is 24.4 Å². The second-order valence-electron chi connectivity index (χ2n) is 3.65. The molecule has 0 bridgehead atoms. The molecule has 1 fully saturated rings. The number of halogens is 1. The summed E-state index contributed by atoms with van der Waals surface area (Å²) < 4.78 is 0. The van der Waals surface area contributed by atoms with Gasteiger partial charge in [0, 0.05) is 24.5 Å². The van der Waals surface area contributed by atoms with E-state index in [0.29, 0.717) is 18.3 Å². The van der Waals surface area contributed by atoms with Gasteiger partial charge in [-0.3, -0.25) is 4.79 Å². The van der Waals surface area contributed by atoms with Gasteiger partial charge in [-0.25, -0.2) is 4.98 Å². The largest absolute Gasteiger partial charge is 0.335 e. The van der Waals surface area contributed by atoms with E-state index >= 15 is 0 Å². The van der Waals surface area contributed by atoms with Crippen molar-refractivity contribution in [2.24, 2.45) is 5.73 Å². The van der Waals surface area contributed by atoms with Gasteiger partial charge in [-0.1, -0.05) is 0 Å². The summed E-state index contributed by atoms with van der Waals surface area (Å²) >= 11 is 1.45. The Hall–Kier alpha value is -0.650. The third-order valence-electron chi connectivity index (χ3n) is 2.53. The molecule has 0 unspecified atom stereocenters. The van der Waals surface area contributed by atoms with Crippen LogP contribution in [0.3, 0.4) is 0 Å². The molecule has 1 aromatic rings. The second-order valence-corrected chi connectivity index (χ2v) is 4.60. The van der Waals surface area contributed by atoms with Crippen LogP contribution in [0.2, 0.25) is 0 Å². The van der Waals surface area contributed by atoms with Crippen LogP contribution < -0.4 is 5.73 Å². The van der Waals surface area contributed by atoms with Crippen molar-refractivity contribution in [3.63, 3.8) is 0 Å². The first-order chi connectivity index (χ1) is 7.26. The smallest absolute Gasteiger partial charge is 0.273 e. The molecule has 90 valence electrons. The van der Waals surface area contributed by atoms with E-state index in [-0.39, 0.29) is 18.3 Å². The fraction of sp³-hybridized carbons (Fsp3) is 0.600. The molecule has 1 amide bonds. The van der Waals surface area contributed by atoms with E-state index in [4.69, 9.17) is 5.73 Å². The van der Waals surface area contributed by atoms with Crippen molar-refractivity contribution in [2.75, 3.05) is 6.54 Å². The van der Waals surface area contributed by atoms with Crippen LogP contribution in [0.5, 0.6) is 0 Å². The number of aromatic nitrogens is 1. The van der Waals surface area contributed by atoms with Gasteiger partial charge in [-0.2, -0.15) is 0 Å². The van der Waals surface area contributed by atoms with E-state index in [1.807, 2.05) is 11.8 Å². The molecular formula is C10H16ClN3OS. The number of hydrogen-bond acceptors (Lipinski definition) is 4. The number of amides is 1. The number of nitrogens with two attached hydrogens (primary N) is 1. The van der Waals surface area contributed by atoms with Crippen molar-refractivity contribution in [1.29, 1.82) is 0 Å². The van der Waals surface area contributed by atoms with Crippen molar-refractivity contribution in [3.05, 3.63) is 16.1 Å². The van der Waals surface area contributed by atoms with Crippen LogP contribution in [-0.2, 0) is 6.54 Å². The maximum atomic E-state index is 12.0. The summed E-state index contributed by atoms with van der Waals surface area (Å²) in [6, 6.07) is 0.450. The van der Waals surface area contributed by atoms with Crippen LogP contribution in [0, 0.1) is 0 Å². The lowest BCUT2D eigenvalue weighted by molar-refractivity contribution is 0.0747. The molecule has 0 radical (unpaired) electrons. The molecule has 1 aliphatic rings. The molecule has 16 heavy (non-hydrogen) atoms. The van der Waals surface area contributed by atoms with Gasteiger partial charge in [0.05, 0.1) is 0 Å². The van der Waals surface area contributed by atoms with E-state index in [9.17, 15) is 4.79 Å². The highest BCUT2D eigenvalue weighted by Crippen LogP contribution is 2.28. The standard InChI is InChI=1S/C10H15N3OS.ClH/c1-2-13(7-3-4-7)10(14)8-6-15-9(5-11)12-8;/h6-7H,2-5,11H2,1H3;1H. The lowest BCUT2D eigenvalue weighted by atomic mass is 10.3. The zero-order chi connectivity index (χ0) is 10.8. The molecule has 1 heterocycles. The number of carbonyl (C=O) groups excluding carboxylic acids is 1. The fourth-order valence-corrected chi connectivity index (χ4v) is 2.25. The van der Waals surface area contributed by atoms with Crippen LogP contribution in [-0.4, -0.2) is 28.4 Å². The van der Waals surface area contributed by atoms with E-state index in [2.05, 4.69) is 4.98 Å². The topological polar surface area (TPSA) is 59.2 Å². The number of nitrogens with zero attached hydrogens (tertiary/aromatic N) is 2. The lowest BCUT2D eigenvalue weighted by Gasteiger charge is -2.18. The quantitative estimate of drug-likeness (QED) is 0.897. The Bertz CT molecular complexity index is 365. The van der Waals surface area contributed by atoms with Crippen LogP contribution in [0.15, 0.2) is 5.38 Å². The van der Waals surface area contributed by atoms with Crippen LogP contribution in [0.25, 0.3) is 0 Å². The minimum absolute atomic E-state index is 0. The molecule has 0 atom stereocenters. The Morgan fingerprint density at radius 3 is 2.81 bits per heavy atom. The zero-order valence-electron chi connectivity index (χ0n) is 9.18. The van der Waals surface area contributed by atoms with Crippen molar-refractivity contribution in [1.82, 2.24) is 9.88 Å². The predicted octanol–water partition coefficient (Wildman–Crippen LogP) is 1.65. The summed E-state index contributed by atoms with van der Waals surface area (Å²) in [5.41, 5.74) is 6.02. The SMILES string of the molecule is CCN(C(=O)c1csc(CN)n1)C1CC1.Cl. The number of hydrogen-bond donors (Lipinski definition) is 1. The highest BCUT2D eigenvalue weighted by Gasteiger charge is 2.32. The van der Waals surface area contributed by atoms with Gasteiger partial charge in [0.15, 0.2) is 0 Å². The summed E-state index contributed by atoms with van der Waals surface area (Å²) in [5.74, 6) is 0.0518. The summed E-state index contributed by atoms with van der Waals surface area (Å²) in [4.78, 5) is 18.1. The summed E-state index contributed by atoms with van der Waals surface area (Å²) in [6.07, 6.45) is 2.26. The summed E-state index contributed by atoms with van der Waals surface area (Å²) in [5, 5.41) is 2.63. The predicted molar refractivity (Wildman–Crippen MR) is 67.0 cm³/mol. The molecule has 6 heteroatoms. The molecule has 0 aliphatic heterocycles. The normalized spacial score (nSPS) is 14.4. The van der Waals surface area contributed by atoms with E-state index in [1.54, 1.807) is 5.38 Å². The van der Waals surface area contributed by atoms with Crippen LogP contribution in [0.1, 0.15) is 35.3 Å². The highest BCUT2D eigenvalue weighted by atomic mass is 35.5. The Morgan fingerprint density at radius 1 is 1.69 bits per heavy atom. The zero-order valence-corrected chi connectivity index (χ0v) is 10.8. The minimum Gasteiger partial charge on any atom is -0.335 e. The van der Waals surface area contributed by atoms with Gasteiger partial charge in [0.2, 0.25) is 0 Å². The Labute approximate surface area is 105 Å². The summed E-state index contributed by atoms with van der Waals surface area (Å²) in [6.45, 7) is 3.18. The van der Waals surface area contributed by atoms with Crippen molar-refractivity contribution in [2.45, 2.75) is 32.4 Å².